The van der Waals surface area contributed by atoms with E-state index < -0.39 is 6.29 Å². The van der Waals surface area contributed by atoms with Crippen molar-refractivity contribution in [3.63, 3.8) is 0 Å². The number of alkyl halides is 2. The molecule has 0 fully saturated rings. The van der Waals surface area contributed by atoms with E-state index in [-0.39, 0.29) is 17.2 Å². The minimum Gasteiger partial charge on any atom is -0.395 e. The predicted octanol–water partition coefficient (Wildman–Crippen LogP) is 3.84. The fourth-order valence-electron chi connectivity index (χ4n) is 2.56. The molecule has 0 atom stereocenters. The van der Waals surface area contributed by atoms with Crippen LogP contribution in [0.25, 0.3) is 23.4 Å². The Morgan fingerprint density at radius 1 is 1.00 bits per heavy atom. The molecule has 1 aromatic heterocycles. The van der Waals surface area contributed by atoms with Crippen LogP contribution in [0.5, 0.6) is 11.5 Å². The lowest BCUT2D eigenvalue weighted by Crippen LogP contribution is -2.25. The highest BCUT2D eigenvalue weighted by Gasteiger charge is 2.43. The van der Waals surface area contributed by atoms with Crippen LogP contribution >= 0.6 is 0 Å². The summed E-state index contributed by atoms with van der Waals surface area (Å²) in [7, 11) is 0. The minimum absolute atomic E-state index is 0.00390. The Balaban J connectivity index is 1.59. The molecule has 3 aromatic rings. The molecule has 0 amide bonds. The number of halogens is 2. The SMILES string of the molecule is N#Cc1n[nH]nc1-c1cccc(/C=C/c2ccc3c(c2)OC(F)(F)O3)c1. The fourth-order valence-corrected chi connectivity index (χ4v) is 2.56. The molecule has 26 heavy (non-hydrogen) atoms. The maximum atomic E-state index is 13.1. The highest BCUT2D eigenvalue weighted by Crippen LogP contribution is 2.41. The molecule has 1 aliphatic rings. The van der Waals surface area contributed by atoms with Crippen LogP contribution in [0, 0.1) is 11.3 Å². The summed E-state index contributed by atoms with van der Waals surface area (Å²) in [4.78, 5) is 0. The van der Waals surface area contributed by atoms with E-state index in [1.54, 1.807) is 12.1 Å². The van der Waals surface area contributed by atoms with Crippen LogP contribution in [0.2, 0.25) is 0 Å². The van der Waals surface area contributed by atoms with Gasteiger partial charge in [0.05, 0.1) is 0 Å². The lowest BCUT2D eigenvalue weighted by Gasteiger charge is -2.04. The number of aromatic amines is 1. The van der Waals surface area contributed by atoms with Crippen LogP contribution in [0.3, 0.4) is 0 Å². The summed E-state index contributed by atoms with van der Waals surface area (Å²) in [6.45, 7) is 0. The summed E-state index contributed by atoms with van der Waals surface area (Å²) >= 11 is 0. The van der Waals surface area contributed by atoms with E-state index in [2.05, 4.69) is 24.9 Å². The Kier molecular flexibility index (Phi) is 3.62. The van der Waals surface area contributed by atoms with Gasteiger partial charge in [-0.3, -0.25) is 0 Å². The van der Waals surface area contributed by atoms with E-state index in [1.165, 1.54) is 12.1 Å². The summed E-state index contributed by atoms with van der Waals surface area (Å²) in [6, 6.07) is 13.9. The zero-order chi connectivity index (χ0) is 18.1. The molecule has 0 aliphatic carbocycles. The number of hydrogen-bond acceptors (Lipinski definition) is 5. The third kappa shape index (κ3) is 2.98. The lowest BCUT2D eigenvalue weighted by atomic mass is 10.1. The molecule has 1 N–H and O–H groups in total. The van der Waals surface area contributed by atoms with Gasteiger partial charge in [-0.2, -0.15) is 15.6 Å². The van der Waals surface area contributed by atoms with Crippen molar-refractivity contribution in [1.29, 1.82) is 5.26 Å². The van der Waals surface area contributed by atoms with Crippen LogP contribution in [0.1, 0.15) is 16.8 Å². The van der Waals surface area contributed by atoms with Gasteiger partial charge in [-0.1, -0.05) is 36.4 Å². The maximum absolute atomic E-state index is 13.1. The van der Waals surface area contributed by atoms with Gasteiger partial charge in [-0.05, 0) is 29.3 Å². The number of ether oxygens (including phenoxy) is 2. The maximum Gasteiger partial charge on any atom is 0.586 e. The van der Waals surface area contributed by atoms with E-state index >= 15 is 0 Å². The number of aromatic nitrogens is 3. The fraction of sp³-hybridized carbons (Fsp3) is 0.0556. The minimum atomic E-state index is -3.63. The molecule has 0 saturated carbocycles. The van der Waals surface area contributed by atoms with E-state index in [1.807, 2.05) is 36.4 Å². The molecule has 8 heteroatoms. The standard InChI is InChI=1S/C18H10F2N4O2/c19-18(20)25-15-7-6-12(9-16(15)26-18)5-4-11-2-1-3-13(8-11)17-14(10-21)22-24-23-17/h1-9H,(H,22,23,24)/b5-4+. The van der Waals surface area contributed by atoms with Gasteiger partial charge in [0, 0.05) is 5.56 Å². The van der Waals surface area contributed by atoms with Crippen LogP contribution in [0.15, 0.2) is 42.5 Å². The summed E-state index contributed by atoms with van der Waals surface area (Å²) in [5.41, 5.74) is 2.94. The van der Waals surface area contributed by atoms with Crippen molar-refractivity contribution in [3.8, 4) is 28.8 Å². The summed E-state index contributed by atoms with van der Waals surface area (Å²) in [5.74, 6) is -0.00336. The molecular formula is C18H10F2N4O2. The Bertz CT molecular complexity index is 1050. The molecule has 0 saturated heterocycles. The van der Waals surface area contributed by atoms with Crippen molar-refractivity contribution in [3.05, 3.63) is 59.3 Å². The predicted molar refractivity (Wildman–Crippen MR) is 88.1 cm³/mol. The third-order valence-corrected chi connectivity index (χ3v) is 3.71. The monoisotopic (exact) mass is 352 g/mol. The summed E-state index contributed by atoms with van der Waals surface area (Å²) in [5, 5.41) is 19.2. The molecule has 2 heterocycles. The molecule has 0 bridgehead atoms. The molecule has 0 unspecified atom stereocenters. The van der Waals surface area contributed by atoms with Crippen molar-refractivity contribution in [2.75, 3.05) is 0 Å². The molecule has 0 radical (unpaired) electrons. The van der Waals surface area contributed by atoms with Gasteiger partial charge in [0.1, 0.15) is 11.8 Å². The van der Waals surface area contributed by atoms with Gasteiger partial charge in [0.2, 0.25) is 0 Å². The van der Waals surface area contributed by atoms with Gasteiger partial charge in [0.25, 0.3) is 0 Å². The van der Waals surface area contributed by atoms with E-state index in [0.717, 1.165) is 11.1 Å². The van der Waals surface area contributed by atoms with Gasteiger partial charge >= 0.3 is 6.29 Å². The summed E-state index contributed by atoms with van der Waals surface area (Å²) in [6.07, 6.45) is -0.0619. The first-order valence-electron chi connectivity index (χ1n) is 7.53. The molecule has 128 valence electrons. The highest BCUT2D eigenvalue weighted by atomic mass is 19.3. The largest absolute Gasteiger partial charge is 0.586 e. The number of benzene rings is 2. The summed E-state index contributed by atoms with van der Waals surface area (Å²) < 4.78 is 34.9. The first-order chi connectivity index (χ1) is 12.5. The Morgan fingerprint density at radius 2 is 1.77 bits per heavy atom. The number of rotatable bonds is 3. The zero-order valence-corrected chi connectivity index (χ0v) is 13.1. The topological polar surface area (TPSA) is 83.8 Å². The van der Waals surface area contributed by atoms with E-state index in [9.17, 15) is 8.78 Å². The second-order valence-corrected chi connectivity index (χ2v) is 5.47. The van der Waals surface area contributed by atoms with E-state index in [0.29, 0.717) is 11.3 Å². The Morgan fingerprint density at radius 3 is 2.58 bits per heavy atom. The van der Waals surface area contributed by atoms with Crippen molar-refractivity contribution < 1.29 is 18.3 Å². The quantitative estimate of drug-likeness (QED) is 0.724. The molecule has 1 aliphatic heterocycles. The average molecular weight is 352 g/mol. The molecule has 4 rings (SSSR count). The van der Waals surface area contributed by atoms with Crippen LogP contribution in [-0.2, 0) is 0 Å². The van der Waals surface area contributed by atoms with Crippen molar-refractivity contribution in [1.82, 2.24) is 15.4 Å². The van der Waals surface area contributed by atoms with Gasteiger partial charge in [-0.25, -0.2) is 0 Å². The van der Waals surface area contributed by atoms with Crippen molar-refractivity contribution in [2.45, 2.75) is 6.29 Å². The van der Waals surface area contributed by atoms with Crippen LogP contribution < -0.4 is 9.47 Å². The first-order valence-corrected chi connectivity index (χ1v) is 7.53. The number of hydrogen-bond donors (Lipinski definition) is 1. The lowest BCUT2D eigenvalue weighted by molar-refractivity contribution is -0.286. The van der Waals surface area contributed by atoms with Crippen molar-refractivity contribution >= 4 is 12.2 Å². The molecular weight excluding hydrogens is 342 g/mol. The second kappa shape index (κ2) is 5.97. The molecule has 2 aromatic carbocycles. The Hall–Kier alpha value is -3.73. The second-order valence-electron chi connectivity index (χ2n) is 5.47. The molecule has 0 spiro atoms. The van der Waals surface area contributed by atoms with Gasteiger partial charge in [-0.15, -0.1) is 13.9 Å². The van der Waals surface area contributed by atoms with Crippen LogP contribution in [0.4, 0.5) is 8.78 Å². The number of H-pyrrole nitrogens is 1. The third-order valence-electron chi connectivity index (χ3n) is 3.71. The van der Waals surface area contributed by atoms with Gasteiger partial charge in [0.15, 0.2) is 17.2 Å². The average Bonchev–Trinajstić information content (AvgIpc) is 3.22. The zero-order valence-electron chi connectivity index (χ0n) is 13.1. The first kappa shape index (κ1) is 15.8. The Labute approximate surface area is 146 Å². The molecule has 6 nitrogen and oxygen atoms in total. The highest BCUT2D eigenvalue weighted by molar-refractivity contribution is 5.74. The van der Waals surface area contributed by atoms with Crippen molar-refractivity contribution in [2.24, 2.45) is 0 Å². The van der Waals surface area contributed by atoms with E-state index in [4.69, 9.17) is 5.26 Å². The van der Waals surface area contributed by atoms with Gasteiger partial charge < -0.3 is 9.47 Å². The number of nitrogens with zero attached hydrogens (tertiary/aromatic N) is 3. The number of nitriles is 1. The normalized spacial score (nSPS) is 14.5. The number of nitrogens with one attached hydrogen (secondary N) is 1. The smallest absolute Gasteiger partial charge is 0.395 e. The number of fused-ring (bicyclic) bond motifs is 1. The van der Waals surface area contributed by atoms with Crippen LogP contribution in [-0.4, -0.2) is 21.7 Å².